The van der Waals surface area contributed by atoms with E-state index in [0.717, 1.165) is 18.4 Å². The smallest absolute Gasteiger partial charge is 0.259 e. The number of pyridine rings is 2. The summed E-state index contributed by atoms with van der Waals surface area (Å²) < 4.78 is 6.27. The molecule has 0 radical (unpaired) electrons. The molecule has 0 unspecified atom stereocenters. The first-order chi connectivity index (χ1) is 16.9. The Kier molecular flexibility index (Phi) is 7.67. The molecular weight excluding hydrogens is 444 g/mol. The van der Waals surface area contributed by atoms with Crippen LogP contribution in [-0.2, 0) is 4.79 Å². The van der Waals surface area contributed by atoms with Gasteiger partial charge in [0.05, 0.1) is 19.2 Å². The van der Waals surface area contributed by atoms with E-state index in [2.05, 4.69) is 21.8 Å². The predicted octanol–water partition coefficient (Wildman–Crippen LogP) is 2.36. The van der Waals surface area contributed by atoms with Gasteiger partial charge >= 0.3 is 0 Å². The van der Waals surface area contributed by atoms with E-state index < -0.39 is 0 Å². The summed E-state index contributed by atoms with van der Waals surface area (Å²) in [6.45, 7) is 4.43. The maximum Gasteiger partial charge on any atom is 0.259 e. The standard InChI is InChI=1S/C27H32N4O4/c1-18-15-31(19(2)17-32)27(34)23-11-22(9-8-21-5-4-10-28-13-21)14-29-26(23)35-24(18)16-30(3)25(33)12-20-6-7-20/h4-5,10-11,13-14,18-20,24,32H,6-7,12,15-17H2,1-3H3/t18-,19-,24-/m1/s1. The monoisotopic (exact) mass is 476 g/mol. The number of carbonyl (C=O) groups is 2. The molecule has 8 heteroatoms. The Morgan fingerprint density at radius 3 is 2.77 bits per heavy atom. The quantitative estimate of drug-likeness (QED) is 0.643. The lowest BCUT2D eigenvalue weighted by atomic mass is 9.99. The highest BCUT2D eigenvalue weighted by atomic mass is 16.5. The molecule has 1 aliphatic heterocycles. The predicted molar refractivity (Wildman–Crippen MR) is 131 cm³/mol. The second-order valence-electron chi connectivity index (χ2n) is 9.61. The Morgan fingerprint density at radius 1 is 1.31 bits per heavy atom. The van der Waals surface area contributed by atoms with E-state index in [9.17, 15) is 14.7 Å². The minimum atomic E-state index is -0.379. The van der Waals surface area contributed by atoms with Gasteiger partial charge < -0.3 is 19.6 Å². The molecule has 0 spiro atoms. The van der Waals surface area contributed by atoms with E-state index in [4.69, 9.17) is 4.74 Å². The topological polar surface area (TPSA) is 95.9 Å². The van der Waals surface area contributed by atoms with E-state index in [-0.39, 0.29) is 42.4 Å². The highest BCUT2D eigenvalue weighted by Crippen LogP contribution is 2.33. The van der Waals surface area contributed by atoms with Gasteiger partial charge in [-0.25, -0.2) is 4.98 Å². The van der Waals surface area contributed by atoms with Crippen molar-refractivity contribution < 1.29 is 19.4 Å². The Balaban J connectivity index is 1.63. The molecule has 3 heterocycles. The van der Waals surface area contributed by atoms with Crippen molar-refractivity contribution in [3.63, 3.8) is 0 Å². The summed E-state index contributed by atoms with van der Waals surface area (Å²) in [5, 5.41) is 9.82. The zero-order valence-electron chi connectivity index (χ0n) is 20.5. The summed E-state index contributed by atoms with van der Waals surface area (Å²) in [6.07, 6.45) is 7.38. The van der Waals surface area contributed by atoms with Crippen molar-refractivity contribution >= 4 is 11.8 Å². The number of nitrogens with zero attached hydrogens (tertiary/aromatic N) is 4. The summed E-state index contributed by atoms with van der Waals surface area (Å²) in [5.41, 5.74) is 1.63. The number of hydrogen-bond acceptors (Lipinski definition) is 6. The fourth-order valence-electron chi connectivity index (χ4n) is 4.07. The fourth-order valence-corrected chi connectivity index (χ4v) is 4.07. The molecule has 1 fully saturated rings. The zero-order valence-corrected chi connectivity index (χ0v) is 20.5. The number of ether oxygens (including phenoxy) is 1. The molecule has 8 nitrogen and oxygen atoms in total. The highest BCUT2D eigenvalue weighted by molar-refractivity contribution is 5.97. The molecule has 0 saturated heterocycles. The van der Waals surface area contributed by atoms with E-state index >= 15 is 0 Å². The van der Waals surface area contributed by atoms with Crippen LogP contribution >= 0.6 is 0 Å². The number of rotatable bonds is 6. The number of likely N-dealkylation sites (N-methyl/N-ethyl adjacent to an activating group) is 1. The average molecular weight is 477 g/mol. The van der Waals surface area contributed by atoms with Crippen LogP contribution in [0.2, 0.25) is 0 Å². The van der Waals surface area contributed by atoms with Crippen molar-refractivity contribution in [2.75, 3.05) is 26.7 Å². The summed E-state index contributed by atoms with van der Waals surface area (Å²) in [6, 6.07) is 4.96. The van der Waals surface area contributed by atoms with Gasteiger partial charge in [0.1, 0.15) is 11.7 Å². The first kappa shape index (κ1) is 24.7. The number of hydrogen-bond donors (Lipinski definition) is 1. The molecule has 0 bridgehead atoms. The summed E-state index contributed by atoms with van der Waals surface area (Å²) in [7, 11) is 1.80. The Labute approximate surface area is 206 Å². The molecule has 184 valence electrons. The van der Waals surface area contributed by atoms with Crippen LogP contribution in [0.15, 0.2) is 36.8 Å². The second kappa shape index (κ2) is 10.9. The van der Waals surface area contributed by atoms with Gasteiger partial charge in [-0.1, -0.05) is 18.8 Å². The van der Waals surface area contributed by atoms with Gasteiger partial charge in [-0.2, -0.15) is 0 Å². The van der Waals surface area contributed by atoms with Crippen molar-refractivity contribution in [1.29, 1.82) is 0 Å². The Bertz CT molecular complexity index is 1120. The van der Waals surface area contributed by atoms with Crippen molar-refractivity contribution in [2.45, 2.75) is 45.3 Å². The molecule has 3 atom stereocenters. The number of aliphatic hydroxyl groups is 1. The lowest BCUT2D eigenvalue weighted by Gasteiger charge is -2.37. The van der Waals surface area contributed by atoms with Gasteiger partial charge in [0.2, 0.25) is 11.8 Å². The van der Waals surface area contributed by atoms with Crippen LogP contribution in [0.1, 0.15) is 54.6 Å². The first-order valence-electron chi connectivity index (χ1n) is 12.1. The molecule has 35 heavy (non-hydrogen) atoms. The largest absolute Gasteiger partial charge is 0.472 e. The molecule has 1 saturated carbocycles. The van der Waals surface area contributed by atoms with Crippen LogP contribution in [0.3, 0.4) is 0 Å². The van der Waals surface area contributed by atoms with Crippen LogP contribution < -0.4 is 4.74 Å². The van der Waals surface area contributed by atoms with E-state index in [1.165, 1.54) is 0 Å². The number of aromatic nitrogens is 2. The SMILES string of the molecule is C[C@@H]1CN([C@H](C)CO)C(=O)c2cc(C#Cc3cccnc3)cnc2O[C@@H]1CN(C)C(=O)CC1CC1. The minimum absolute atomic E-state index is 0.0795. The van der Waals surface area contributed by atoms with E-state index in [1.807, 2.05) is 26.0 Å². The maximum absolute atomic E-state index is 13.5. The Morgan fingerprint density at radius 2 is 2.09 bits per heavy atom. The third kappa shape index (κ3) is 6.17. The normalized spacial score (nSPS) is 20.5. The van der Waals surface area contributed by atoms with Crippen molar-refractivity contribution in [3.05, 3.63) is 53.5 Å². The molecule has 1 N–H and O–H groups in total. The summed E-state index contributed by atoms with van der Waals surface area (Å²) in [4.78, 5) is 38.0. The third-order valence-corrected chi connectivity index (χ3v) is 6.57. The lowest BCUT2D eigenvalue weighted by molar-refractivity contribution is -0.131. The maximum atomic E-state index is 13.5. The van der Waals surface area contributed by atoms with Crippen molar-refractivity contribution in [1.82, 2.24) is 19.8 Å². The highest BCUT2D eigenvalue weighted by Gasteiger charge is 2.35. The van der Waals surface area contributed by atoms with Gasteiger partial charge in [-0.3, -0.25) is 14.6 Å². The first-order valence-corrected chi connectivity index (χ1v) is 12.1. The molecule has 1 aliphatic carbocycles. The van der Waals surface area contributed by atoms with Gasteiger partial charge in [0.25, 0.3) is 5.91 Å². The average Bonchev–Trinajstić information content (AvgIpc) is 3.69. The van der Waals surface area contributed by atoms with Crippen LogP contribution in [0.5, 0.6) is 5.88 Å². The number of amides is 2. The number of fused-ring (bicyclic) bond motifs is 1. The van der Waals surface area contributed by atoms with Crippen LogP contribution in [-0.4, -0.2) is 75.6 Å². The van der Waals surface area contributed by atoms with E-state index in [1.54, 1.807) is 41.5 Å². The molecule has 2 aromatic heterocycles. The zero-order chi connectivity index (χ0) is 24.9. The van der Waals surface area contributed by atoms with Gasteiger partial charge in [-0.15, -0.1) is 0 Å². The van der Waals surface area contributed by atoms with Gasteiger partial charge in [-0.05, 0) is 43.9 Å². The third-order valence-electron chi connectivity index (χ3n) is 6.57. The van der Waals surface area contributed by atoms with Gasteiger partial charge in [0, 0.05) is 55.6 Å². The molecular formula is C27H32N4O4. The fraction of sp³-hybridized carbons (Fsp3) is 0.481. The van der Waals surface area contributed by atoms with Crippen LogP contribution in [0, 0.1) is 23.7 Å². The summed E-state index contributed by atoms with van der Waals surface area (Å²) >= 11 is 0. The summed E-state index contributed by atoms with van der Waals surface area (Å²) in [5.74, 6) is 6.56. The second-order valence-corrected chi connectivity index (χ2v) is 9.61. The Hall–Kier alpha value is -3.44. The molecule has 2 amide bonds. The molecule has 2 aliphatic rings. The van der Waals surface area contributed by atoms with Crippen molar-refractivity contribution in [3.8, 4) is 17.7 Å². The van der Waals surface area contributed by atoms with Crippen LogP contribution in [0.4, 0.5) is 0 Å². The van der Waals surface area contributed by atoms with Crippen molar-refractivity contribution in [2.24, 2.45) is 11.8 Å². The van der Waals surface area contributed by atoms with E-state index in [0.29, 0.717) is 36.6 Å². The molecule has 2 aromatic rings. The van der Waals surface area contributed by atoms with Crippen LogP contribution in [0.25, 0.3) is 0 Å². The molecule has 0 aromatic carbocycles. The molecule has 4 rings (SSSR count). The lowest BCUT2D eigenvalue weighted by Crippen LogP contribution is -2.50. The minimum Gasteiger partial charge on any atom is -0.472 e. The van der Waals surface area contributed by atoms with Gasteiger partial charge in [0.15, 0.2) is 0 Å². The number of carbonyl (C=O) groups excluding carboxylic acids is 2. The number of aliphatic hydroxyl groups excluding tert-OH is 1.